The van der Waals surface area contributed by atoms with Crippen molar-refractivity contribution in [1.82, 2.24) is 4.98 Å². The maximum atomic E-state index is 10.0. The third kappa shape index (κ3) is 3.29. The van der Waals surface area contributed by atoms with E-state index in [4.69, 9.17) is 4.74 Å². The second-order valence-corrected chi connectivity index (χ2v) is 3.58. The van der Waals surface area contributed by atoms with Gasteiger partial charge in [0.25, 0.3) is 0 Å². The lowest BCUT2D eigenvalue weighted by molar-refractivity contribution is -0.0357. The van der Waals surface area contributed by atoms with Crippen LogP contribution in [0.25, 0.3) is 0 Å². The summed E-state index contributed by atoms with van der Waals surface area (Å²) < 4.78 is 5.46. The fourth-order valence-corrected chi connectivity index (χ4v) is 1.52. The average Bonchev–Trinajstić information content (AvgIpc) is 2.26. The number of pyridine rings is 1. The molecule has 3 nitrogen and oxygen atoms in total. The summed E-state index contributed by atoms with van der Waals surface area (Å²) in [6.45, 7) is 6.48. The van der Waals surface area contributed by atoms with Crippen LogP contribution in [-0.4, -0.2) is 22.8 Å². The number of hydrogen-bond donors (Lipinski definition) is 1. The zero-order valence-corrected chi connectivity index (χ0v) is 9.60. The van der Waals surface area contributed by atoms with Crippen molar-refractivity contribution in [2.24, 2.45) is 0 Å². The van der Waals surface area contributed by atoms with E-state index in [0.717, 1.165) is 17.7 Å². The van der Waals surface area contributed by atoms with Gasteiger partial charge in [-0.25, -0.2) is 0 Å². The van der Waals surface area contributed by atoms with Crippen LogP contribution < -0.4 is 0 Å². The number of aliphatic hydroxyl groups is 1. The summed E-state index contributed by atoms with van der Waals surface area (Å²) in [7, 11) is 0. The molecule has 0 saturated heterocycles. The van der Waals surface area contributed by atoms with E-state index in [1.165, 1.54) is 0 Å². The summed E-state index contributed by atoms with van der Waals surface area (Å²) in [5.74, 6) is 0. The van der Waals surface area contributed by atoms with Crippen LogP contribution in [0.15, 0.2) is 18.3 Å². The number of aromatic nitrogens is 1. The lowest BCUT2D eigenvalue weighted by Crippen LogP contribution is -2.21. The molecule has 0 bridgehead atoms. The van der Waals surface area contributed by atoms with E-state index in [2.05, 4.69) is 4.98 Å². The molecule has 1 heterocycles. The monoisotopic (exact) mass is 209 g/mol. The van der Waals surface area contributed by atoms with Gasteiger partial charge in [0, 0.05) is 24.1 Å². The minimum Gasteiger partial charge on any atom is -0.386 e. The Morgan fingerprint density at radius 3 is 2.60 bits per heavy atom. The molecular formula is C12H19NO2. The molecule has 0 aliphatic carbocycles. The van der Waals surface area contributed by atoms with E-state index in [1.54, 1.807) is 6.20 Å². The Balaban J connectivity index is 2.73. The molecule has 1 N–H and O–H groups in total. The predicted octanol–water partition coefficient (Wildman–Crippen LogP) is 2.24. The zero-order chi connectivity index (χ0) is 11.3. The molecule has 0 aliphatic heterocycles. The Hall–Kier alpha value is -0.930. The van der Waals surface area contributed by atoms with E-state index >= 15 is 0 Å². The third-order valence-electron chi connectivity index (χ3n) is 2.41. The summed E-state index contributed by atoms with van der Waals surface area (Å²) in [4.78, 5) is 4.16. The Morgan fingerprint density at radius 1 is 1.40 bits per heavy atom. The fraction of sp³-hybridized carbons (Fsp3) is 0.583. The summed E-state index contributed by atoms with van der Waals surface area (Å²) >= 11 is 0. The van der Waals surface area contributed by atoms with Crippen LogP contribution in [0.3, 0.4) is 0 Å². The number of aliphatic hydroxyl groups excluding tert-OH is 1. The van der Waals surface area contributed by atoms with E-state index in [9.17, 15) is 5.11 Å². The van der Waals surface area contributed by atoms with Gasteiger partial charge >= 0.3 is 0 Å². The summed E-state index contributed by atoms with van der Waals surface area (Å²) in [6.07, 6.45) is 1.78. The minimum atomic E-state index is -0.581. The van der Waals surface area contributed by atoms with Gasteiger partial charge in [-0.1, -0.05) is 13.0 Å². The highest BCUT2D eigenvalue weighted by Crippen LogP contribution is 2.20. The quantitative estimate of drug-likeness (QED) is 0.808. The van der Waals surface area contributed by atoms with Crippen molar-refractivity contribution >= 4 is 0 Å². The van der Waals surface area contributed by atoms with Gasteiger partial charge in [-0.15, -0.1) is 0 Å². The molecule has 0 aliphatic rings. The molecule has 0 amide bonds. The Kier molecular flexibility index (Phi) is 4.72. The van der Waals surface area contributed by atoms with Crippen LogP contribution in [0.5, 0.6) is 0 Å². The molecule has 1 aromatic heterocycles. The first-order valence-corrected chi connectivity index (χ1v) is 5.41. The Morgan fingerprint density at radius 2 is 2.13 bits per heavy atom. The third-order valence-corrected chi connectivity index (χ3v) is 2.41. The fourth-order valence-electron chi connectivity index (χ4n) is 1.52. The lowest BCUT2D eigenvalue weighted by Gasteiger charge is -2.21. The lowest BCUT2D eigenvalue weighted by atomic mass is 10.0. The predicted molar refractivity (Wildman–Crippen MR) is 59.6 cm³/mol. The first-order valence-electron chi connectivity index (χ1n) is 5.41. The maximum Gasteiger partial charge on any atom is 0.107 e. The minimum absolute atomic E-state index is 0.139. The van der Waals surface area contributed by atoms with E-state index in [1.807, 2.05) is 32.9 Å². The average molecular weight is 209 g/mol. The molecule has 15 heavy (non-hydrogen) atoms. The highest BCUT2D eigenvalue weighted by atomic mass is 16.5. The molecule has 1 aromatic rings. The van der Waals surface area contributed by atoms with Crippen LogP contribution >= 0.6 is 0 Å². The second-order valence-electron chi connectivity index (χ2n) is 3.58. The van der Waals surface area contributed by atoms with Gasteiger partial charge in [0.2, 0.25) is 0 Å². The molecule has 0 saturated carbocycles. The normalized spacial score (nSPS) is 14.9. The van der Waals surface area contributed by atoms with Crippen LogP contribution in [0.2, 0.25) is 0 Å². The van der Waals surface area contributed by atoms with Crippen LogP contribution in [0, 0.1) is 6.92 Å². The molecule has 2 unspecified atom stereocenters. The first-order chi connectivity index (χ1) is 7.19. The van der Waals surface area contributed by atoms with Crippen LogP contribution in [0.1, 0.15) is 37.6 Å². The number of rotatable bonds is 5. The molecule has 3 heteroatoms. The molecule has 0 aromatic carbocycles. The topological polar surface area (TPSA) is 42.4 Å². The van der Waals surface area contributed by atoms with Gasteiger partial charge in [0.1, 0.15) is 6.10 Å². The molecule has 0 spiro atoms. The van der Waals surface area contributed by atoms with Crippen molar-refractivity contribution < 1.29 is 9.84 Å². The van der Waals surface area contributed by atoms with E-state index < -0.39 is 6.10 Å². The van der Waals surface area contributed by atoms with Crippen molar-refractivity contribution in [1.29, 1.82) is 0 Å². The second kappa shape index (κ2) is 5.83. The summed E-state index contributed by atoms with van der Waals surface area (Å²) in [6, 6.07) is 3.80. The number of hydrogen-bond acceptors (Lipinski definition) is 3. The van der Waals surface area contributed by atoms with Gasteiger partial charge in [0.15, 0.2) is 0 Å². The van der Waals surface area contributed by atoms with Crippen molar-refractivity contribution in [3.8, 4) is 0 Å². The van der Waals surface area contributed by atoms with Crippen molar-refractivity contribution in [3.63, 3.8) is 0 Å². The SMILES string of the molecule is CCOC(CC)C(O)c1ccc(C)nc1. The summed E-state index contributed by atoms with van der Waals surface area (Å²) in [5.41, 5.74) is 1.77. The van der Waals surface area contributed by atoms with Crippen molar-refractivity contribution in [3.05, 3.63) is 29.6 Å². The first kappa shape index (κ1) is 12.1. The molecule has 0 radical (unpaired) electrons. The summed E-state index contributed by atoms with van der Waals surface area (Å²) in [5, 5.41) is 10.0. The largest absolute Gasteiger partial charge is 0.386 e. The van der Waals surface area contributed by atoms with Gasteiger partial charge in [-0.2, -0.15) is 0 Å². The molecule has 84 valence electrons. The van der Waals surface area contributed by atoms with Gasteiger partial charge < -0.3 is 9.84 Å². The van der Waals surface area contributed by atoms with Crippen LogP contribution in [0.4, 0.5) is 0 Å². The van der Waals surface area contributed by atoms with E-state index in [-0.39, 0.29) is 6.10 Å². The molecule has 0 fully saturated rings. The standard InChI is InChI=1S/C12H19NO2/c1-4-11(15-5-2)12(14)10-7-6-9(3)13-8-10/h6-8,11-12,14H,4-5H2,1-3H3. The van der Waals surface area contributed by atoms with Gasteiger partial charge in [0.05, 0.1) is 6.10 Å². The molecule has 1 rings (SSSR count). The zero-order valence-electron chi connectivity index (χ0n) is 9.60. The smallest absolute Gasteiger partial charge is 0.107 e. The van der Waals surface area contributed by atoms with Gasteiger partial charge in [-0.05, 0) is 26.3 Å². The highest BCUT2D eigenvalue weighted by Gasteiger charge is 2.19. The number of aryl methyl sites for hydroxylation is 1. The van der Waals surface area contributed by atoms with Crippen molar-refractivity contribution in [2.75, 3.05) is 6.61 Å². The molecule has 2 atom stereocenters. The highest BCUT2D eigenvalue weighted by molar-refractivity contribution is 5.16. The molecular weight excluding hydrogens is 190 g/mol. The van der Waals surface area contributed by atoms with Crippen LogP contribution in [-0.2, 0) is 4.74 Å². The Bertz CT molecular complexity index is 284. The van der Waals surface area contributed by atoms with E-state index in [0.29, 0.717) is 6.61 Å². The van der Waals surface area contributed by atoms with Crippen molar-refractivity contribution in [2.45, 2.75) is 39.4 Å². The number of nitrogens with zero attached hydrogens (tertiary/aromatic N) is 1. The van der Waals surface area contributed by atoms with Gasteiger partial charge in [-0.3, -0.25) is 4.98 Å². The maximum absolute atomic E-state index is 10.0. The Labute approximate surface area is 91.1 Å². The number of ether oxygens (including phenoxy) is 1.